The van der Waals surface area contributed by atoms with Crippen molar-refractivity contribution in [1.29, 1.82) is 0 Å². The van der Waals surface area contributed by atoms with Gasteiger partial charge in [0.15, 0.2) is 0 Å². The second kappa shape index (κ2) is 4.22. The SMILES string of the molecule is CC1(C)CCCC1C(=O)CC1Cc2ccccc21. The molecule has 0 amide bonds. The lowest BCUT2D eigenvalue weighted by Crippen LogP contribution is -2.29. The fourth-order valence-corrected chi connectivity index (χ4v) is 3.85. The highest BCUT2D eigenvalue weighted by molar-refractivity contribution is 5.83. The maximum absolute atomic E-state index is 12.5. The van der Waals surface area contributed by atoms with E-state index in [0.29, 0.717) is 17.6 Å². The second-order valence-electron chi connectivity index (χ2n) is 6.70. The molecule has 0 bridgehead atoms. The molecule has 1 nitrogen and oxygen atoms in total. The van der Waals surface area contributed by atoms with E-state index in [2.05, 4.69) is 38.1 Å². The van der Waals surface area contributed by atoms with Crippen molar-refractivity contribution in [3.63, 3.8) is 0 Å². The average Bonchev–Trinajstić information content (AvgIpc) is 2.66. The van der Waals surface area contributed by atoms with Gasteiger partial charge in [0.25, 0.3) is 0 Å². The molecule has 3 rings (SSSR count). The Hall–Kier alpha value is -1.11. The average molecular weight is 242 g/mol. The first-order valence-electron chi connectivity index (χ1n) is 7.18. The van der Waals surface area contributed by atoms with Crippen molar-refractivity contribution in [2.24, 2.45) is 11.3 Å². The van der Waals surface area contributed by atoms with Crippen molar-refractivity contribution in [2.75, 3.05) is 0 Å². The predicted octanol–water partition coefficient (Wildman–Crippen LogP) is 4.11. The number of ketones is 1. The quantitative estimate of drug-likeness (QED) is 0.779. The van der Waals surface area contributed by atoms with Gasteiger partial charge in [0.05, 0.1) is 0 Å². The van der Waals surface area contributed by atoms with Gasteiger partial charge in [-0.05, 0) is 41.7 Å². The van der Waals surface area contributed by atoms with Crippen LogP contribution in [0.25, 0.3) is 0 Å². The van der Waals surface area contributed by atoms with E-state index >= 15 is 0 Å². The zero-order valence-corrected chi connectivity index (χ0v) is 11.4. The highest BCUT2D eigenvalue weighted by Gasteiger charge is 2.40. The lowest BCUT2D eigenvalue weighted by Gasteiger charge is -2.32. The molecule has 0 aliphatic heterocycles. The molecule has 2 unspecified atom stereocenters. The molecule has 2 aliphatic carbocycles. The van der Waals surface area contributed by atoms with E-state index in [-0.39, 0.29) is 5.41 Å². The molecule has 0 N–H and O–H groups in total. The molecule has 0 aromatic heterocycles. The van der Waals surface area contributed by atoms with Gasteiger partial charge in [-0.1, -0.05) is 44.5 Å². The summed E-state index contributed by atoms with van der Waals surface area (Å²) in [4.78, 5) is 12.5. The summed E-state index contributed by atoms with van der Waals surface area (Å²) in [7, 11) is 0. The van der Waals surface area contributed by atoms with E-state index in [1.807, 2.05) is 0 Å². The largest absolute Gasteiger partial charge is 0.299 e. The van der Waals surface area contributed by atoms with Crippen molar-refractivity contribution < 1.29 is 4.79 Å². The van der Waals surface area contributed by atoms with Crippen LogP contribution in [0.1, 0.15) is 56.6 Å². The van der Waals surface area contributed by atoms with Crippen molar-refractivity contribution in [2.45, 2.75) is 51.9 Å². The van der Waals surface area contributed by atoms with Crippen LogP contribution < -0.4 is 0 Å². The van der Waals surface area contributed by atoms with Crippen LogP contribution >= 0.6 is 0 Å². The van der Waals surface area contributed by atoms with Crippen molar-refractivity contribution >= 4 is 5.78 Å². The summed E-state index contributed by atoms with van der Waals surface area (Å²) in [6.45, 7) is 4.52. The summed E-state index contributed by atoms with van der Waals surface area (Å²) in [5, 5.41) is 0. The standard InChI is InChI=1S/C17H22O/c1-17(2)9-5-8-15(17)16(18)11-13-10-12-6-3-4-7-14(12)13/h3-4,6-7,13,15H,5,8-11H2,1-2H3. The van der Waals surface area contributed by atoms with Gasteiger partial charge in [0, 0.05) is 12.3 Å². The molecule has 0 saturated heterocycles. The van der Waals surface area contributed by atoms with E-state index in [1.54, 1.807) is 0 Å². The van der Waals surface area contributed by atoms with Gasteiger partial charge < -0.3 is 0 Å². The lowest BCUT2D eigenvalue weighted by molar-refractivity contribution is -0.125. The fourth-order valence-electron chi connectivity index (χ4n) is 3.85. The first kappa shape index (κ1) is 12.0. The highest BCUT2D eigenvalue weighted by Crippen LogP contribution is 2.46. The van der Waals surface area contributed by atoms with Crippen molar-refractivity contribution in [1.82, 2.24) is 0 Å². The summed E-state index contributed by atoms with van der Waals surface area (Å²) >= 11 is 0. The molecule has 0 heterocycles. The molecule has 2 aliphatic rings. The van der Waals surface area contributed by atoms with Gasteiger partial charge in [0.1, 0.15) is 5.78 Å². The summed E-state index contributed by atoms with van der Waals surface area (Å²) in [5.74, 6) is 1.33. The summed E-state index contributed by atoms with van der Waals surface area (Å²) in [6, 6.07) is 8.57. The third-order valence-corrected chi connectivity index (χ3v) is 5.05. The van der Waals surface area contributed by atoms with Crippen LogP contribution in [0.15, 0.2) is 24.3 Å². The van der Waals surface area contributed by atoms with E-state index in [9.17, 15) is 4.79 Å². The van der Waals surface area contributed by atoms with Crippen LogP contribution in [0, 0.1) is 11.3 Å². The molecule has 1 saturated carbocycles. The van der Waals surface area contributed by atoms with E-state index in [0.717, 1.165) is 19.3 Å². The normalized spacial score (nSPS) is 28.6. The Labute approximate surface area is 110 Å². The first-order chi connectivity index (χ1) is 8.58. The molecule has 96 valence electrons. The number of benzene rings is 1. The van der Waals surface area contributed by atoms with Gasteiger partial charge >= 0.3 is 0 Å². The van der Waals surface area contributed by atoms with E-state index in [4.69, 9.17) is 0 Å². The Morgan fingerprint density at radius 1 is 1.33 bits per heavy atom. The maximum atomic E-state index is 12.5. The van der Waals surface area contributed by atoms with Crippen LogP contribution in [0.2, 0.25) is 0 Å². The molecule has 0 spiro atoms. The smallest absolute Gasteiger partial charge is 0.137 e. The Kier molecular flexibility index (Phi) is 2.80. The second-order valence-corrected chi connectivity index (χ2v) is 6.70. The van der Waals surface area contributed by atoms with Crippen LogP contribution in [-0.2, 0) is 11.2 Å². The van der Waals surface area contributed by atoms with Crippen molar-refractivity contribution in [3.05, 3.63) is 35.4 Å². The summed E-state index contributed by atoms with van der Waals surface area (Å²) in [5.41, 5.74) is 3.10. The molecule has 1 fully saturated rings. The molecule has 1 aromatic rings. The Balaban J connectivity index is 1.67. The zero-order chi connectivity index (χ0) is 12.8. The zero-order valence-electron chi connectivity index (χ0n) is 11.4. The monoisotopic (exact) mass is 242 g/mol. The van der Waals surface area contributed by atoms with Gasteiger partial charge in [-0.2, -0.15) is 0 Å². The van der Waals surface area contributed by atoms with Crippen LogP contribution in [0.5, 0.6) is 0 Å². The summed E-state index contributed by atoms with van der Waals surface area (Å²) < 4.78 is 0. The molecule has 1 aromatic carbocycles. The Morgan fingerprint density at radius 3 is 2.78 bits per heavy atom. The number of carbonyl (C=O) groups is 1. The Bertz CT molecular complexity index is 472. The minimum absolute atomic E-state index is 0.236. The van der Waals surface area contributed by atoms with Gasteiger partial charge in [0.2, 0.25) is 0 Å². The number of fused-ring (bicyclic) bond motifs is 1. The number of rotatable bonds is 3. The number of hydrogen-bond acceptors (Lipinski definition) is 1. The van der Waals surface area contributed by atoms with Gasteiger partial charge in [-0.3, -0.25) is 4.79 Å². The summed E-state index contributed by atoms with van der Waals surface area (Å²) in [6.07, 6.45) is 5.43. The minimum Gasteiger partial charge on any atom is -0.299 e. The number of hydrogen-bond donors (Lipinski definition) is 0. The third-order valence-electron chi connectivity index (χ3n) is 5.05. The molecular weight excluding hydrogens is 220 g/mol. The van der Waals surface area contributed by atoms with Crippen molar-refractivity contribution in [3.8, 4) is 0 Å². The lowest BCUT2D eigenvalue weighted by atomic mass is 9.71. The third kappa shape index (κ3) is 1.90. The minimum atomic E-state index is 0.236. The molecule has 1 heteroatoms. The van der Waals surface area contributed by atoms with Gasteiger partial charge in [-0.15, -0.1) is 0 Å². The van der Waals surface area contributed by atoms with Crippen LogP contribution in [0.3, 0.4) is 0 Å². The first-order valence-corrected chi connectivity index (χ1v) is 7.18. The van der Waals surface area contributed by atoms with E-state index < -0.39 is 0 Å². The highest BCUT2D eigenvalue weighted by atomic mass is 16.1. The number of carbonyl (C=O) groups excluding carboxylic acids is 1. The molecule has 18 heavy (non-hydrogen) atoms. The number of Topliss-reactive ketones (excluding diaryl/α,β-unsaturated/α-hetero) is 1. The molecular formula is C17H22O. The molecule has 2 atom stereocenters. The predicted molar refractivity (Wildman–Crippen MR) is 73.6 cm³/mol. The molecule has 0 radical (unpaired) electrons. The van der Waals surface area contributed by atoms with E-state index in [1.165, 1.54) is 24.0 Å². The fraction of sp³-hybridized carbons (Fsp3) is 0.588. The van der Waals surface area contributed by atoms with Gasteiger partial charge in [-0.25, -0.2) is 0 Å². The topological polar surface area (TPSA) is 17.1 Å². The van der Waals surface area contributed by atoms with Crippen LogP contribution in [-0.4, -0.2) is 5.78 Å². The Morgan fingerprint density at radius 2 is 2.11 bits per heavy atom. The maximum Gasteiger partial charge on any atom is 0.137 e. The van der Waals surface area contributed by atoms with Crippen LogP contribution in [0.4, 0.5) is 0 Å².